The van der Waals surface area contributed by atoms with Crippen molar-refractivity contribution in [1.29, 1.82) is 0 Å². The lowest BCUT2D eigenvalue weighted by Crippen LogP contribution is -2.28. The number of carboxylic acids is 1. The van der Waals surface area contributed by atoms with Crippen molar-refractivity contribution in [1.82, 2.24) is 0 Å². The van der Waals surface area contributed by atoms with Gasteiger partial charge in [0.2, 0.25) is 0 Å². The lowest BCUT2D eigenvalue weighted by Gasteiger charge is -2.22. The summed E-state index contributed by atoms with van der Waals surface area (Å²) in [5.41, 5.74) is 7.25. The molecule has 1 aromatic heterocycles. The first kappa shape index (κ1) is 16.5. The number of carbonyl (C=O) groups excluding carboxylic acids is 1. The molecule has 0 spiro atoms. The molecule has 5 nitrogen and oxygen atoms in total. The number of nitrogens with two attached hydrogens (primary N) is 1. The first-order valence-corrected chi connectivity index (χ1v) is 8.27. The molecule has 1 aliphatic carbocycles. The van der Waals surface area contributed by atoms with E-state index in [1.807, 2.05) is 4.90 Å². The van der Waals surface area contributed by atoms with E-state index in [1.165, 1.54) is 4.88 Å². The van der Waals surface area contributed by atoms with Gasteiger partial charge in [-0.05, 0) is 30.7 Å². The van der Waals surface area contributed by atoms with Crippen molar-refractivity contribution >= 4 is 28.2 Å². The van der Waals surface area contributed by atoms with Crippen LogP contribution in [-0.4, -0.2) is 30.1 Å². The van der Waals surface area contributed by atoms with Crippen molar-refractivity contribution < 1.29 is 14.7 Å². The molecule has 1 aromatic rings. The van der Waals surface area contributed by atoms with E-state index in [4.69, 9.17) is 10.8 Å². The molecule has 0 bridgehead atoms. The van der Waals surface area contributed by atoms with Gasteiger partial charge in [-0.15, -0.1) is 17.9 Å². The van der Waals surface area contributed by atoms with Crippen molar-refractivity contribution in [3.8, 4) is 0 Å². The zero-order valence-electron chi connectivity index (χ0n) is 12.8. The number of thiophene rings is 1. The van der Waals surface area contributed by atoms with E-state index < -0.39 is 11.9 Å². The number of rotatable bonds is 7. The van der Waals surface area contributed by atoms with E-state index >= 15 is 0 Å². The second-order valence-electron chi connectivity index (χ2n) is 5.77. The second kappa shape index (κ2) is 6.96. The molecule has 2 rings (SSSR count). The topological polar surface area (TPSA) is 83.6 Å². The lowest BCUT2D eigenvalue weighted by molar-refractivity contribution is -0.136. The molecule has 1 aliphatic rings. The van der Waals surface area contributed by atoms with Gasteiger partial charge in [0, 0.05) is 18.0 Å². The van der Waals surface area contributed by atoms with Crippen LogP contribution in [0, 0.1) is 5.92 Å². The Bertz CT molecular complexity index is 594. The number of hydrogen-bond acceptors (Lipinski definition) is 4. The van der Waals surface area contributed by atoms with Crippen LogP contribution in [0.3, 0.4) is 0 Å². The summed E-state index contributed by atoms with van der Waals surface area (Å²) in [5.74, 6) is -0.678. The van der Waals surface area contributed by atoms with Crippen molar-refractivity contribution in [3.63, 3.8) is 0 Å². The van der Waals surface area contributed by atoms with Gasteiger partial charge in [0.25, 0.3) is 5.91 Å². The fourth-order valence-corrected chi connectivity index (χ4v) is 4.42. The van der Waals surface area contributed by atoms with Crippen molar-refractivity contribution in [2.24, 2.45) is 11.7 Å². The van der Waals surface area contributed by atoms with E-state index in [1.54, 1.807) is 17.4 Å². The van der Waals surface area contributed by atoms with Crippen LogP contribution in [0.1, 0.15) is 40.6 Å². The monoisotopic (exact) mass is 322 g/mol. The minimum atomic E-state index is -0.857. The number of primary amides is 1. The van der Waals surface area contributed by atoms with Crippen LogP contribution in [0.2, 0.25) is 0 Å². The molecule has 6 heteroatoms. The number of carbonyl (C=O) groups is 2. The summed E-state index contributed by atoms with van der Waals surface area (Å²) in [7, 11) is 0. The largest absolute Gasteiger partial charge is 0.481 e. The first-order valence-electron chi connectivity index (χ1n) is 7.46. The highest BCUT2D eigenvalue weighted by atomic mass is 32.1. The normalized spacial score (nSPS) is 16.9. The van der Waals surface area contributed by atoms with Gasteiger partial charge in [0.1, 0.15) is 5.00 Å². The Hall–Kier alpha value is -1.82. The molecule has 0 radical (unpaired) electrons. The smallest absolute Gasteiger partial charge is 0.305 e. The third-order valence-corrected chi connectivity index (χ3v) is 5.29. The van der Waals surface area contributed by atoms with Crippen LogP contribution in [0.25, 0.3) is 0 Å². The summed E-state index contributed by atoms with van der Waals surface area (Å²) >= 11 is 1.58. The Labute approximate surface area is 134 Å². The molecule has 1 atom stereocenters. The number of hydrogen-bond donors (Lipinski definition) is 2. The predicted octanol–water partition coefficient (Wildman–Crippen LogP) is 2.44. The Morgan fingerprint density at radius 3 is 2.86 bits per heavy atom. The van der Waals surface area contributed by atoms with Gasteiger partial charge >= 0.3 is 5.97 Å². The minimum Gasteiger partial charge on any atom is -0.481 e. The Morgan fingerprint density at radius 1 is 1.55 bits per heavy atom. The molecule has 1 amide bonds. The number of carboxylic acid groups (broad SMARTS) is 1. The number of aliphatic carboxylic acids is 1. The third-order valence-electron chi connectivity index (χ3n) is 3.97. The van der Waals surface area contributed by atoms with Gasteiger partial charge in [0.05, 0.1) is 12.0 Å². The zero-order chi connectivity index (χ0) is 16.3. The summed E-state index contributed by atoms with van der Waals surface area (Å²) in [4.78, 5) is 25.9. The van der Waals surface area contributed by atoms with Crippen molar-refractivity contribution in [2.45, 2.75) is 32.6 Å². The van der Waals surface area contributed by atoms with Crippen LogP contribution in [0.4, 0.5) is 5.00 Å². The van der Waals surface area contributed by atoms with Crippen LogP contribution >= 0.6 is 11.3 Å². The highest BCUT2D eigenvalue weighted by Gasteiger charge is 2.28. The summed E-state index contributed by atoms with van der Waals surface area (Å²) in [6.07, 6.45) is 4.62. The quantitative estimate of drug-likeness (QED) is 0.755. The van der Waals surface area contributed by atoms with Crippen LogP contribution in [0.15, 0.2) is 12.7 Å². The molecule has 22 heavy (non-hydrogen) atoms. The van der Waals surface area contributed by atoms with Crippen molar-refractivity contribution in [3.05, 3.63) is 28.7 Å². The van der Waals surface area contributed by atoms with Crippen LogP contribution in [-0.2, 0) is 17.6 Å². The average Bonchev–Trinajstić information content (AvgIpc) is 2.81. The Balaban J connectivity index is 2.40. The Morgan fingerprint density at radius 2 is 2.27 bits per heavy atom. The number of anilines is 1. The van der Waals surface area contributed by atoms with Crippen LogP contribution < -0.4 is 10.6 Å². The van der Waals surface area contributed by atoms with Gasteiger partial charge in [0.15, 0.2) is 0 Å². The molecule has 0 aliphatic heterocycles. The highest BCUT2D eigenvalue weighted by molar-refractivity contribution is 7.16. The molecule has 1 heterocycles. The van der Waals surface area contributed by atoms with Crippen molar-refractivity contribution in [2.75, 3.05) is 18.0 Å². The van der Waals surface area contributed by atoms with E-state index in [2.05, 4.69) is 13.5 Å². The van der Waals surface area contributed by atoms with Gasteiger partial charge < -0.3 is 15.7 Å². The van der Waals surface area contributed by atoms with E-state index in [0.29, 0.717) is 24.6 Å². The maximum Gasteiger partial charge on any atom is 0.305 e. The standard InChI is InChI=1S/C16H22N2O3S/c1-3-7-18(8-6-13(19)20)16-14(15(17)21)11-5-4-10(2)9-12(11)22-16/h3,10H,1,4-9H2,2H3,(H2,17,21)(H,19,20). The third kappa shape index (κ3) is 3.50. The second-order valence-corrected chi connectivity index (χ2v) is 6.86. The van der Waals surface area contributed by atoms with Gasteiger partial charge in [-0.3, -0.25) is 9.59 Å². The Kier molecular flexibility index (Phi) is 5.24. The number of fused-ring (bicyclic) bond motifs is 1. The zero-order valence-corrected chi connectivity index (χ0v) is 13.6. The molecule has 0 aromatic carbocycles. The number of amides is 1. The minimum absolute atomic E-state index is 0.0189. The maximum absolute atomic E-state index is 11.9. The van der Waals surface area contributed by atoms with Crippen LogP contribution in [0.5, 0.6) is 0 Å². The molecular formula is C16H22N2O3S. The first-order chi connectivity index (χ1) is 10.4. The molecular weight excluding hydrogens is 300 g/mol. The van der Waals surface area contributed by atoms with Gasteiger partial charge in [-0.25, -0.2) is 0 Å². The van der Waals surface area contributed by atoms with E-state index in [9.17, 15) is 9.59 Å². The lowest BCUT2D eigenvalue weighted by atomic mass is 9.88. The molecule has 1 unspecified atom stereocenters. The average molecular weight is 322 g/mol. The van der Waals surface area contributed by atoms with E-state index in [-0.39, 0.29) is 6.42 Å². The SMILES string of the molecule is C=CCN(CCC(=O)O)c1sc2c(c1C(N)=O)CCC(C)C2. The molecule has 120 valence electrons. The van der Waals surface area contributed by atoms with E-state index in [0.717, 1.165) is 29.8 Å². The van der Waals surface area contributed by atoms with Gasteiger partial charge in [-0.1, -0.05) is 13.0 Å². The summed E-state index contributed by atoms with van der Waals surface area (Å²) in [6.45, 7) is 6.77. The molecule has 3 N–H and O–H groups in total. The summed E-state index contributed by atoms with van der Waals surface area (Å²) in [6, 6.07) is 0. The number of nitrogens with zero attached hydrogens (tertiary/aromatic N) is 1. The highest BCUT2D eigenvalue weighted by Crippen LogP contribution is 2.41. The predicted molar refractivity (Wildman–Crippen MR) is 88.7 cm³/mol. The fourth-order valence-electron chi connectivity index (χ4n) is 2.88. The fraction of sp³-hybridized carbons (Fsp3) is 0.500. The molecule has 0 fully saturated rings. The summed E-state index contributed by atoms with van der Waals surface area (Å²) < 4.78 is 0. The molecule has 0 saturated heterocycles. The molecule has 0 saturated carbocycles. The van der Waals surface area contributed by atoms with Gasteiger partial charge in [-0.2, -0.15) is 0 Å². The summed E-state index contributed by atoms with van der Waals surface area (Å²) in [5, 5.41) is 9.71. The maximum atomic E-state index is 11.9.